The van der Waals surface area contributed by atoms with Gasteiger partial charge in [-0.25, -0.2) is 0 Å². The largest absolute Gasteiger partial charge is 0.480 e. The van der Waals surface area contributed by atoms with Gasteiger partial charge < -0.3 is 31.7 Å². The third-order valence-electron chi connectivity index (χ3n) is 3.68. The minimum Gasteiger partial charge on any atom is -0.480 e. The smallest absolute Gasteiger partial charge is 0.322 e. The predicted molar refractivity (Wildman–Crippen MR) is 103 cm³/mol. The van der Waals surface area contributed by atoms with Gasteiger partial charge in [0.25, 0.3) is 11.8 Å². The predicted octanol–water partition coefficient (Wildman–Crippen LogP) is -5.03. The van der Waals surface area contributed by atoms with Crippen molar-refractivity contribution in [3.63, 3.8) is 0 Å². The summed E-state index contributed by atoms with van der Waals surface area (Å²) in [7, 11) is 0. The van der Waals surface area contributed by atoms with Crippen LogP contribution in [-0.4, -0.2) is 96.6 Å². The summed E-state index contributed by atoms with van der Waals surface area (Å²) in [6.45, 7) is -2.62. The molecule has 7 amide bonds. The van der Waals surface area contributed by atoms with Gasteiger partial charge in [-0.2, -0.15) is 0 Å². The lowest BCUT2D eigenvalue weighted by atomic mass is 10.3. The third kappa shape index (κ3) is 10.5. The number of aliphatic carboxylic acids is 1. The van der Waals surface area contributed by atoms with Gasteiger partial charge in [-0.05, 0) is 0 Å². The van der Waals surface area contributed by atoms with E-state index < -0.39 is 80.0 Å². The summed E-state index contributed by atoms with van der Waals surface area (Å²) in [5.41, 5.74) is 0. The van der Waals surface area contributed by atoms with Crippen LogP contribution in [0.25, 0.3) is 0 Å². The molecule has 0 saturated carbocycles. The number of hydrogen-bond donors (Lipinski definition) is 6. The number of hydrogen-bond acceptors (Lipinski definition) is 8. The molecule has 0 aromatic rings. The summed E-state index contributed by atoms with van der Waals surface area (Å²) in [5, 5.41) is 19.2. The van der Waals surface area contributed by atoms with Crippen molar-refractivity contribution >= 4 is 47.3 Å². The molecule has 0 radical (unpaired) electrons. The molecule has 0 unspecified atom stereocenters. The zero-order chi connectivity index (χ0) is 24.1. The molecule has 0 aromatic carbocycles. The lowest BCUT2D eigenvalue weighted by molar-refractivity contribution is -0.138. The Kier molecular flexibility index (Phi) is 10.5. The van der Waals surface area contributed by atoms with Crippen LogP contribution in [0.5, 0.6) is 0 Å². The van der Waals surface area contributed by atoms with Crippen LogP contribution < -0.4 is 26.6 Å². The lowest BCUT2D eigenvalue weighted by Gasteiger charge is -2.13. The van der Waals surface area contributed by atoms with Gasteiger partial charge in [-0.15, -0.1) is 0 Å². The molecular weight excluding hydrogens is 432 g/mol. The second-order valence-electron chi connectivity index (χ2n) is 6.19. The van der Waals surface area contributed by atoms with E-state index in [-0.39, 0.29) is 13.0 Å². The molecule has 1 heterocycles. The van der Waals surface area contributed by atoms with Crippen molar-refractivity contribution in [2.45, 2.75) is 6.42 Å². The first kappa shape index (κ1) is 25.7. The Labute approximate surface area is 180 Å². The van der Waals surface area contributed by atoms with Gasteiger partial charge in [0.05, 0.1) is 26.2 Å². The van der Waals surface area contributed by atoms with Crippen molar-refractivity contribution in [3.8, 4) is 0 Å². The van der Waals surface area contributed by atoms with Crippen LogP contribution in [0.4, 0.5) is 0 Å². The van der Waals surface area contributed by atoms with Gasteiger partial charge in [-0.1, -0.05) is 0 Å². The second-order valence-corrected chi connectivity index (χ2v) is 6.19. The molecular formula is C17H22N6O9. The van der Waals surface area contributed by atoms with Gasteiger partial charge in [0.1, 0.15) is 6.54 Å². The quantitative estimate of drug-likeness (QED) is 0.146. The number of carbonyl (C=O) groups is 8. The summed E-state index contributed by atoms with van der Waals surface area (Å²) in [4.78, 5) is 91.5. The molecule has 1 rings (SSSR count). The Morgan fingerprint density at radius 1 is 0.625 bits per heavy atom. The Bertz CT molecular complexity index is 820. The normalized spacial score (nSPS) is 12.2. The first-order chi connectivity index (χ1) is 15.1. The summed E-state index contributed by atoms with van der Waals surface area (Å²) in [6, 6.07) is 0. The van der Waals surface area contributed by atoms with Crippen molar-refractivity contribution < 1.29 is 43.5 Å². The maximum atomic E-state index is 11.7. The van der Waals surface area contributed by atoms with E-state index in [9.17, 15) is 38.4 Å². The highest BCUT2D eigenvalue weighted by molar-refractivity contribution is 6.13. The van der Waals surface area contributed by atoms with E-state index >= 15 is 0 Å². The van der Waals surface area contributed by atoms with Gasteiger partial charge in [0, 0.05) is 25.1 Å². The van der Waals surface area contributed by atoms with Crippen LogP contribution in [0.2, 0.25) is 0 Å². The number of rotatable bonds is 13. The lowest BCUT2D eigenvalue weighted by Crippen LogP contribution is -2.46. The second kappa shape index (κ2) is 13.1. The molecule has 15 heteroatoms. The first-order valence-corrected chi connectivity index (χ1v) is 9.17. The maximum Gasteiger partial charge on any atom is 0.322 e. The van der Waals surface area contributed by atoms with Gasteiger partial charge in [0.15, 0.2) is 0 Å². The van der Waals surface area contributed by atoms with Crippen molar-refractivity contribution in [2.75, 3.05) is 39.3 Å². The monoisotopic (exact) mass is 454 g/mol. The number of nitrogens with zero attached hydrogens (tertiary/aromatic N) is 1. The Morgan fingerprint density at radius 3 is 1.34 bits per heavy atom. The number of amides is 7. The molecule has 0 bridgehead atoms. The van der Waals surface area contributed by atoms with E-state index in [0.29, 0.717) is 0 Å². The highest BCUT2D eigenvalue weighted by Crippen LogP contribution is 2.03. The fourth-order valence-corrected chi connectivity index (χ4v) is 2.09. The highest BCUT2D eigenvalue weighted by atomic mass is 16.4. The summed E-state index contributed by atoms with van der Waals surface area (Å²) in [5.74, 6) is -5.73. The zero-order valence-corrected chi connectivity index (χ0v) is 16.8. The molecule has 0 fully saturated rings. The van der Waals surface area contributed by atoms with Crippen LogP contribution in [-0.2, 0) is 38.4 Å². The average molecular weight is 454 g/mol. The first-order valence-electron chi connectivity index (χ1n) is 9.17. The summed E-state index contributed by atoms with van der Waals surface area (Å²) in [6.07, 6.45) is 1.97. The van der Waals surface area contributed by atoms with Crippen molar-refractivity contribution in [3.05, 3.63) is 12.2 Å². The molecule has 0 saturated heterocycles. The fraction of sp³-hybridized carbons (Fsp3) is 0.412. The standard InChI is InChI=1S/C17H22N6O9/c24-10(3-4-23-15(29)1-2-16(23)30)18-5-11(25)19-6-12(26)20-7-13(27)21-8-14(28)22-9-17(31)32/h1-2H,3-9H2,(H,18,24)(H,19,25)(H,20,26)(H,21,27)(H,22,28)(H,31,32). The minimum absolute atomic E-state index is 0.135. The molecule has 32 heavy (non-hydrogen) atoms. The SMILES string of the molecule is O=C(O)CNC(=O)CNC(=O)CNC(=O)CNC(=O)CNC(=O)CCN1C(=O)C=CC1=O. The van der Waals surface area contributed by atoms with Crippen LogP contribution in [0, 0.1) is 0 Å². The molecule has 0 aliphatic carbocycles. The van der Waals surface area contributed by atoms with E-state index in [2.05, 4.69) is 21.3 Å². The van der Waals surface area contributed by atoms with Crippen molar-refractivity contribution in [1.82, 2.24) is 31.5 Å². The summed E-state index contributed by atoms with van der Waals surface area (Å²) < 4.78 is 0. The van der Waals surface area contributed by atoms with Crippen LogP contribution in [0.1, 0.15) is 6.42 Å². The third-order valence-corrected chi connectivity index (χ3v) is 3.68. The number of carbonyl (C=O) groups excluding carboxylic acids is 7. The fourth-order valence-electron chi connectivity index (χ4n) is 2.09. The van der Waals surface area contributed by atoms with Crippen molar-refractivity contribution in [1.29, 1.82) is 0 Å². The van der Waals surface area contributed by atoms with E-state index in [4.69, 9.17) is 5.11 Å². The molecule has 15 nitrogen and oxygen atoms in total. The number of carboxylic acids is 1. The highest BCUT2D eigenvalue weighted by Gasteiger charge is 2.23. The van der Waals surface area contributed by atoms with E-state index in [0.717, 1.165) is 17.1 Å². The van der Waals surface area contributed by atoms with Gasteiger partial charge in [-0.3, -0.25) is 43.3 Å². The molecule has 6 N–H and O–H groups in total. The van der Waals surface area contributed by atoms with Gasteiger partial charge in [0.2, 0.25) is 29.5 Å². The van der Waals surface area contributed by atoms with E-state index in [1.165, 1.54) is 0 Å². The van der Waals surface area contributed by atoms with E-state index in [1.54, 1.807) is 0 Å². The molecule has 1 aliphatic heterocycles. The molecule has 1 aliphatic rings. The van der Waals surface area contributed by atoms with Crippen molar-refractivity contribution in [2.24, 2.45) is 0 Å². The molecule has 174 valence electrons. The number of carboxylic acid groups (broad SMARTS) is 1. The van der Waals surface area contributed by atoms with Gasteiger partial charge >= 0.3 is 5.97 Å². The molecule has 0 atom stereocenters. The minimum atomic E-state index is -1.24. The number of nitrogens with one attached hydrogen (secondary N) is 5. The molecule has 0 aromatic heterocycles. The maximum absolute atomic E-state index is 11.7. The van der Waals surface area contributed by atoms with E-state index in [1.807, 2.05) is 5.32 Å². The number of imide groups is 1. The summed E-state index contributed by atoms with van der Waals surface area (Å²) >= 11 is 0. The zero-order valence-electron chi connectivity index (χ0n) is 16.8. The molecule has 0 spiro atoms. The Hall–Kier alpha value is -4.30. The van der Waals surface area contributed by atoms with Crippen LogP contribution in [0.15, 0.2) is 12.2 Å². The van der Waals surface area contributed by atoms with Crippen LogP contribution in [0.3, 0.4) is 0 Å². The topological polar surface area (TPSA) is 220 Å². The van der Waals surface area contributed by atoms with Crippen LogP contribution >= 0.6 is 0 Å². The Balaban J connectivity index is 2.12. The Morgan fingerprint density at radius 2 is 0.969 bits per heavy atom. The average Bonchev–Trinajstić information content (AvgIpc) is 3.07.